The van der Waals surface area contributed by atoms with Gasteiger partial charge in [0.2, 0.25) is 0 Å². The summed E-state index contributed by atoms with van der Waals surface area (Å²) in [5.74, 6) is -0.459. The van der Waals surface area contributed by atoms with Crippen LogP contribution in [-0.4, -0.2) is 28.0 Å². The van der Waals surface area contributed by atoms with Crippen LogP contribution in [0.15, 0.2) is 6.07 Å². The van der Waals surface area contributed by atoms with Crippen LogP contribution in [0.2, 0.25) is 0 Å². The van der Waals surface area contributed by atoms with Crippen molar-refractivity contribution in [3.63, 3.8) is 0 Å². The zero-order valence-electron chi connectivity index (χ0n) is 7.93. The Kier molecular flexibility index (Phi) is 2.25. The molecular formula is C9H12N2O3. The van der Waals surface area contributed by atoms with Crippen LogP contribution in [0.4, 0.5) is 0 Å². The summed E-state index contributed by atoms with van der Waals surface area (Å²) in [6.07, 6.45) is 1.11. The molecule has 1 atom stereocenters. The van der Waals surface area contributed by atoms with Crippen molar-refractivity contribution >= 4 is 5.97 Å². The van der Waals surface area contributed by atoms with Gasteiger partial charge in [-0.05, 0) is 18.9 Å². The van der Waals surface area contributed by atoms with Gasteiger partial charge in [0.15, 0.2) is 5.69 Å². The largest absolute Gasteiger partial charge is 0.464 e. The highest BCUT2D eigenvalue weighted by Crippen LogP contribution is 2.24. The number of carbonyl (C=O) groups excluding carboxylic acids is 1. The zero-order chi connectivity index (χ0) is 10.1. The molecular weight excluding hydrogens is 184 g/mol. The van der Waals surface area contributed by atoms with Crippen LogP contribution in [0.25, 0.3) is 0 Å². The first-order valence-electron chi connectivity index (χ1n) is 4.56. The van der Waals surface area contributed by atoms with Crippen LogP contribution in [0.5, 0.6) is 0 Å². The van der Waals surface area contributed by atoms with Gasteiger partial charge < -0.3 is 9.84 Å². The van der Waals surface area contributed by atoms with Crippen molar-refractivity contribution in [2.45, 2.75) is 25.5 Å². The monoisotopic (exact) mass is 196 g/mol. The Balaban J connectivity index is 2.35. The number of hydrogen-bond donors (Lipinski definition) is 1. The molecule has 0 saturated heterocycles. The lowest BCUT2D eigenvalue weighted by molar-refractivity contribution is 0.0592. The number of aliphatic hydroxyl groups is 1. The average Bonchev–Trinajstić information content (AvgIpc) is 2.62. The summed E-state index contributed by atoms with van der Waals surface area (Å²) >= 11 is 0. The van der Waals surface area contributed by atoms with Gasteiger partial charge in [0.1, 0.15) is 0 Å². The second kappa shape index (κ2) is 3.42. The van der Waals surface area contributed by atoms with Crippen molar-refractivity contribution in [2.24, 2.45) is 0 Å². The molecule has 14 heavy (non-hydrogen) atoms. The van der Waals surface area contributed by atoms with E-state index in [4.69, 9.17) is 0 Å². The Morgan fingerprint density at radius 3 is 3.21 bits per heavy atom. The summed E-state index contributed by atoms with van der Waals surface area (Å²) in [6.45, 7) is 0.753. The normalized spacial score (nSPS) is 20.3. The SMILES string of the molecule is COC(=O)c1cc2n(n1)CCCC2O. The van der Waals surface area contributed by atoms with Gasteiger partial charge in [-0.25, -0.2) is 4.79 Å². The molecule has 5 heteroatoms. The predicted molar refractivity (Wildman–Crippen MR) is 47.8 cm³/mol. The Bertz CT molecular complexity index is 359. The fraction of sp³-hybridized carbons (Fsp3) is 0.556. The van der Waals surface area contributed by atoms with Gasteiger partial charge in [-0.15, -0.1) is 0 Å². The van der Waals surface area contributed by atoms with E-state index in [1.165, 1.54) is 7.11 Å². The number of methoxy groups -OCH3 is 1. The van der Waals surface area contributed by atoms with Crippen molar-refractivity contribution in [2.75, 3.05) is 7.11 Å². The van der Waals surface area contributed by atoms with E-state index in [2.05, 4.69) is 9.84 Å². The molecule has 1 aliphatic rings. The predicted octanol–water partition coefficient (Wildman–Crippen LogP) is 0.497. The maximum atomic E-state index is 11.2. The number of nitrogens with zero attached hydrogens (tertiary/aromatic N) is 2. The molecule has 0 spiro atoms. The van der Waals surface area contributed by atoms with Crippen LogP contribution >= 0.6 is 0 Å². The van der Waals surface area contributed by atoms with E-state index >= 15 is 0 Å². The minimum atomic E-state index is -0.505. The van der Waals surface area contributed by atoms with Crippen LogP contribution in [0, 0.1) is 0 Å². The molecule has 1 unspecified atom stereocenters. The van der Waals surface area contributed by atoms with E-state index in [-0.39, 0.29) is 5.69 Å². The fourth-order valence-corrected chi connectivity index (χ4v) is 1.67. The topological polar surface area (TPSA) is 64.4 Å². The molecule has 1 aliphatic heterocycles. The molecule has 76 valence electrons. The summed E-state index contributed by atoms with van der Waals surface area (Å²) in [7, 11) is 1.32. The van der Waals surface area contributed by atoms with Crippen molar-refractivity contribution in [1.82, 2.24) is 9.78 Å². The lowest BCUT2D eigenvalue weighted by atomic mass is 10.1. The Morgan fingerprint density at radius 2 is 2.57 bits per heavy atom. The number of carbonyl (C=O) groups is 1. The highest BCUT2D eigenvalue weighted by molar-refractivity contribution is 5.87. The maximum absolute atomic E-state index is 11.2. The van der Waals surface area contributed by atoms with Crippen LogP contribution in [-0.2, 0) is 11.3 Å². The number of esters is 1. The molecule has 2 rings (SSSR count). The van der Waals surface area contributed by atoms with Crippen molar-refractivity contribution in [1.29, 1.82) is 0 Å². The number of rotatable bonds is 1. The molecule has 1 N–H and O–H groups in total. The van der Waals surface area contributed by atoms with E-state index < -0.39 is 12.1 Å². The van der Waals surface area contributed by atoms with Crippen LogP contribution in [0.3, 0.4) is 0 Å². The van der Waals surface area contributed by atoms with Crippen LogP contribution < -0.4 is 0 Å². The number of aryl methyl sites for hydroxylation is 1. The smallest absolute Gasteiger partial charge is 0.358 e. The van der Waals surface area contributed by atoms with Gasteiger partial charge in [0.25, 0.3) is 0 Å². The average molecular weight is 196 g/mol. The molecule has 5 nitrogen and oxygen atoms in total. The quantitative estimate of drug-likeness (QED) is 0.664. The van der Waals surface area contributed by atoms with Gasteiger partial charge in [-0.1, -0.05) is 0 Å². The minimum Gasteiger partial charge on any atom is -0.464 e. The third-order valence-corrected chi connectivity index (χ3v) is 2.39. The van der Waals surface area contributed by atoms with Crippen molar-refractivity contribution in [3.8, 4) is 0 Å². The molecule has 0 radical (unpaired) electrons. The Hall–Kier alpha value is -1.36. The summed E-state index contributed by atoms with van der Waals surface area (Å²) < 4.78 is 6.22. The number of fused-ring (bicyclic) bond motifs is 1. The number of ether oxygens (including phenoxy) is 1. The second-order valence-corrected chi connectivity index (χ2v) is 3.33. The summed E-state index contributed by atoms with van der Waals surface area (Å²) in [6, 6.07) is 1.59. The molecule has 0 aromatic carbocycles. The van der Waals surface area contributed by atoms with Gasteiger partial charge in [0, 0.05) is 6.54 Å². The van der Waals surface area contributed by atoms with E-state index in [1.807, 2.05) is 0 Å². The van der Waals surface area contributed by atoms with E-state index in [9.17, 15) is 9.90 Å². The molecule has 0 aliphatic carbocycles. The van der Waals surface area contributed by atoms with E-state index in [1.54, 1.807) is 10.7 Å². The third kappa shape index (κ3) is 1.39. The number of hydrogen-bond acceptors (Lipinski definition) is 4. The van der Waals surface area contributed by atoms with Crippen molar-refractivity contribution in [3.05, 3.63) is 17.5 Å². The second-order valence-electron chi connectivity index (χ2n) is 3.33. The number of aromatic nitrogens is 2. The van der Waals surface area contributed by atoms with Crippen molar-refractivity contribution < 1.29 is 14.6 Å². The summed E-state index contributed by atoms with van der Waals surface area (Å²) in [5, 5.41) is 13.7. The van der Waals surface area contributed by atoms with Gasteiger partial charge in [0.05, 0.1) is 18.9 Å². The molecule has 0 amide bonds. The summed E-state index contributed by atoms with van der Waals surface area (Å²) in [4.78, 5) is 11.2. The highest BCUT2D eigenvalue weighted by atomic mass is 16.5. The standard InChI is InChI=1S/C9H12N2O3/c1-14-9(13)6-5-7-8(12)3-2-4-11(7)10-6/h5,8,12H,2-4H2,1H3. The van der Waals surface area contributed by atoms with Gasteiger partial charge >= 0.3 is 5.97 Å². The minimum absolute atomic E-state index is 0.267. The van der Waals surface area contributed by atoms with Gasteiger partial charge in [-0.2, -0.15) is 5.10 Å². The Morgan fingerprint density at radius 1 is 1.79 bits per heavy atom. The maximum Gasteiger partial charge on any atom is 0.358 e. The third-order valence-electron chi connectivity index (χ3n) is 2.39. The molecule has 0 bridgehead atoms. The molecule has 1 aromatic rings. The fourth-order valence-electron chi connectivity index (χ4n) is 1.67. The highest BCUT2D eigenvalue weighted by Gasteiger charge is 2.22. The van der Waals surface area contributed by atoms with Gasteiger partial charge in [-0.3, -0.25) is 4.68 Å². The first-order valence-corrected chi connectivity index (χ1v) is 4.56. The lowest BCUT2D eigenvalue weighted by Gasteiger charge is -2.18. The zero-order valence-corrected chi connectivity index (χ0v) is 7.93. The first-order chi connectivity index (χ1) is 6.72. The van der Waals surface area contributed by atoms with E-state index in [0.717, 1.165) is 19.4 Å². The van der Waals surface area contributed by atoms with E-state index in [0.29, 0.717) is 5.69 Å². The summed E-state index contributed by atoms with van der Waals surface area (Å²) in [5.41, 5.74) is 0.972. The molecule has 0 saturated carbocycles. The number of aliphatic hydroxyl groups excluding tert-OH is 1. The first kappa shape index (κ1) is 9.21. The molecule has 2 heterocycles. The molecule has 0 fully saturated rings. The Labute approximate surface area is 81.3 Å². The van der Waals surface area contributed by atoms with Crippen LogP contribution in [0.1, 0.15) is 35.1 Å². The lowest BCUT2D eigenvalue weighted by Crippen LogP contribution is -2.15. The molecule has 1 aromatic heterocycles.